The summed E-state index contributed by atoms with van der Waals surface area (Å²) in [5.74, 6) is 0.760. The molecule has 7 heteroatoms. The number of rotatable bonds is 3. The molecule has 1 aliphatic heterocycles. The molecule has 3 aromatic heterocycles. The number of amides is 1. The fourth-order valence-corrected chi connectivity index (χ4v) is 3.29. The summed E-state index contributed by atoms with van der Waals surface area (Å²) in [7, 11) is 1.87. The first-order valence-corrected chi connectivity index (χ1v) is 9.00. The predicted octanol–water partition coefficient (Wildman–Crippen LogP) is 3.00. The molecule has 1 amide bonds. The van der Waals surface area contributed by atoms with Gasteiger partial charge in [0.2, 0.25) is 0 Å². The molecule has 1 saturated heterocycles. The van der Waals surface area contributed by atoms with Crippen molar-refractivity contribution in [3.63, 3.8) is 0 Å². The molecule has 1 fully saturated rings. The quantitative estimate of drug-likeness (QED) is 0.786. The van der Waals surface area contributed by atoms with E-state index in [0.29, 0.717) is 16.8 Å². The van der Waals surface area contributed by atoms with Crippen molar-refractivity contribution < 1.29 is 4.79 Å². The number of aromatic nitrogens is 4. The lowest BCUT2D eigenvalue weighted by Crippen LogP contribution is -2.24. The van der Waals surface area contributed by atoms with Crippen molar-refractivity contribution >= 4 is 28.6 Å². The lowest BCUT2D eigenvalue weighted by molar-refractivity contribution is 0.102. The van der Waals surface area contributed by atoms with E-state index in [1.165, 1.54) is 25.7 Å². The Morgan fingerprint density at radius 2 is 1.85 bits per heavy atom. The number of carbonyl (C=O) groups is 1. The predicted molar refractivity (Wildman–Crippen MR) is 101 cm³/mol. The zero-order chi connectivity index (χ0) is 17.9. The lowest BCUT2D eigenvalue weighted by Gasteiger charge is -2.21. The van der Waals surface area contributed by atoms with Gasteiger partial charge in [-0.15, -0.1) is 0 Å². The number of nitrogens with one attached hydrogen (secondary N) is 1. The molecular weight excluding hydrogens is 328 g/mol. The molecule has 134 valence electrons. The summed E-state index contributed by atoms with van der Waals surface area (Å²) in [4.78, 5) is 27.9. The second-order valence-electron chi connectivity index (χ2n) is 6.68. The monoisotopic (exact) mass is 350 g/mol. The second kappa shape index (κ2) is 7.11. The summed E-state index contributed by atoms with van der Waals surface area (Å²) in [6, 6.07) is 5.62. The minimum absolute atomic E-state index is 0.214. The molecule has 0 bridgehead atoms. The van der Waals surface area contributed by atoms with Crippen molar-refractivity contribution in [2.45, 2.75) is 25.7 Å². The Hall–Kier alpha value is -2.96. The Morgan fingerprint density at radius 3 is 2.58 bits per heavy atom. The molecule has 1 aliphatic rings. The molecule has 1 N–H and O–H groups in total. The summed E-state index contributed by atoms with van der Waals surface area (Å²) < 4.78 is 1.82. The van der Waals surface area contributed by atoms with Crippen LogP contribution in [-0.2, 0) is 7.05 Å². The molecule has 26 heavy (non-hydrogen) atoms. The van der Waals surface area contributed by atoms with Crippen LogP contribution in [-0.4, -0.2) is 38.5 Å². The van der Waals surface area contributed by atoms with E-state index in [0.717, 1.165) is 24.6 Å². The van der Waals surface area contributed by atoms with E-state index in [-0.39, 0.29) is 5.91 Å². The highest BCUT2D eigenvalue weighted by Crippen LogP contribution is 2.19. The van der Waals surface area contributed by atoms with E-state index in [1.54, 1.807) is 24.8 Å². The molecule has 0 unspecified atom stereocenters. The number of fused-ring (bicyclic) bond motifs is 1. The third-order valence-corrected chi connectivity index (χ3v) is 4.75. The number of anilines is 2. The molecular formula is C19H22N6O. The second-order valence-corrected chi connectivity index (χ2v) is 6.68. The Morgan fingerprint density at radius 1 is 1.04 bits per heavy atom. The molecule has 0 saturated carbocycles. The number of aryl methyl sites for hydroxylation is 1. The summed E-state index contributed by atoms with van der Waals surface area (Å²) in [5.41, 5.74) is 2.61. The topological polar surface area (TPSA) is 75.9 Å². The molecule has 4 rings (SSSR count). The van der Waals surface area contributed by atoms with Gasteiger partial charge >= 0.3 is 0 Å². The van der Waals surface area contributed by atoms with E-state index in [2.05, 4.69) is 25.2 Å². The van der Waals surface area contributed by atoms with E-state index >= 15 is 0 Å². The fraction of sp³-hybridized carbons (Fsp3) is 0.368. The summed E-state index contributed by atoms with van der Waals surface area (Å²) in [5, 5.41) is 2.88. The largest absolute Gasteiger partial charge is 0.357 e. The normalized spacial score (nSPS) is 15.0. The summed E-state index contributed by atoms with van der Waals surface area (Å²) in [6.07, 6.45) is 9.97. The maximum absolute atomic E-state index is 12.5. The number of hydrogen-bond donors (Lipinski definition) is 1. The standard InChI is InChI=1S/C19H22N6O/c1-24-13-22-16-10-14(11-21-18(16)24)19(26)23-15-6-7-17(20-12-15)25-8-4-2-3-5-9-25/h6-7,10-13H,2-5,8-9H2,1H3,(H,23,26). The van der Waals surface area contributed by atoms with E-state index in [4.69, 9.17) is 0 Å². The van der Waals surface area contributed by atoms with Crippen molar-refractivity contribution in [3.8, 4) is 0 Å². The molecule has 4 heterocycles. The highest BCUT2D eigenvalue weighted by atomic mass is 16.1. The van der Waals surface area contributed by atoms with Crippen LogP contribution in [0.1, 0.15) is 36.0 Å². The van der Waals surface area contributed by atoms with Crippen molar-refractivity contribution in [1.29, 1.82) is 0 Å². The fourth-order valence-electron chi connectivity index (χ4n) is 3.29. The van der Waals surface area contributed by atoms with E-state index < -0.39 is 0 Å². The number of nitrogens with zero attached hydrogens (tertiary/aromatic N) is 5. The van der Waals surface area contributed by atoms with E-state index in [9.17, 15) is 4.79 Å². The Bertz CT molecular complexity index is 909. The number of hydrogen-bond acceptors (Lipinski definition) is 5. The van der Waals surface area contributed by atoms with Crippen molar-refractivity contribution in [1.82, 2.24) is 19.5 Å². The molecule has 0 radical (unpaired) electrons. The third kappa shape index (κ3) is 3.37. The Balaban J connectivity index is 1.46. The number of carbonyl (C=O) groups excluding carboxylic acids is 1. The van der Waals surface area contributed by atoms with Crippen LogP contribution in [0.2, 0.25) is 0 Å². The van der Waals surface area contributed by atoms with Crippen LogP contribution in [0.3, 0.4) is 0 Å². The van der Waals surface area contributed by atoms with Crippen molar-refractivity contribution in [2.75, 3.05) is 23.3 Å². The first kappa shape index (κ1) is 16.5. The van der Waals surface area contributed by atoms with Crippen LogP contribution >= 0.6 is 0 Å². The van der Waals surface area contributed by atoms with Crippen LogP contribution in [0.5, 0.6) is 0 Å². The van der Waals surface area contributed by atoms with Crippen molar-refractivity contribution in [3.05, 3.63) is 42.5 Å². The van der Waals surface area contributed by atoms with Gasteiger partial charge in [0.1, 0.15) is 11.3 Å². The van der Waals surface area contributed by atoms with Gasteiger partial charge in [-0.05, 0) is 31.0 Å². The minimum Gasteiger partial charge on any atom is -0.357 e. The maximum Gasteiger partial charge on any atom is 0.257 e. The number of pyridine rings is 2. The zero-order valence-corrected chi connectivity index (χ0v) is 14.9. The molecule has 7 nitrogen and oxygen atoms in total. The van der Waals surface area contributed by atoms with Gasteiger partial charge in [-0.25, -0.2) is 15.0 Å². The minimum atomic E-state index is -0.214. The van der Waals surface area contributed by atoms with Crippen LogP contribution in [0, 0.1) is 0 Å². The Labute approximate surface area is 152 Å². The SMILES string of the molecule is Cn1cnc2cc(C(=O)Nc3ccc(N4CCCCCC4)nc3)cnc21. The molecule has 0 atom stereocenters. The van der Waals surface area contributed by atoms with Crippen LogP contribution < -0.4 is 10.2 Å². The molecule has 0 spiro atoms. The van der Waals surface area contributed by atoms with Crippen LogP contribution in [0.25, 0.3) is 11.2 Å². The molecule has 0 aromatic carbocycles. The Kier molecular flexibility index (Phi) is 4.51. The van der Waals surface area contributed by atoms with Gasteiger partial charge in [-0.2, -0.15) is 0 Å². The van der Waals surface area contributed by atoms with Crippen LogP contribution in [0.4, 0.5) is 11.5 Å². The number of imidazole rings is 1. The first-order valence-electron chi connectivity index (χ1n) is 9.00. The third-order valence-electron chi connectivity index (χ3n) is 4.75. The summed E-state index contributed by atoms with van der Waals surface area (Å²) >= 11 is 0. The smallest absolute Gasteiger partial charge is 0.257 e. The van der Waals surface area contributed by atoms with Gasteiger partial charge in [-0.1, -0.05) is 12.8 Å². The average Bonchev–Trinajstić information content (AvgIpc) is 2.86. The van der Waals surface area contributed by atoms with E-state index in [1.807, 2.05) is 23.7 Å². The van der Waals surface area contributed by atoms with Gasteiger partial charge in [-0.3, -0.25) is 4.79 Å². The lowest BCUT2D eigenvalue weighted by atomic mass is 10.2. The van der Waals surface area contributed by atoms with Gasteiger partial charge in [0, 0.05) is 26.3 Å². The summed E-state index contributed by atoms with van der Waals surface area (Å²) in [6.45, 7) is 2.10. The van der Waals surface area contributed by atoms with Gasteiger partial charge in [0.15, 0.2) is 5.65 Å². The van der Waals surface area contributed by atoms with Crippen molar-refractivity contribution in [2.24, 2.45) is 7.05 Å². The average molecular weight is 350 g/mol. The molecule has 0 aliphatic carbocycles. The van der Waals surface area contributed by atoms with Gasteiger partial charge in [0.05, 0.1) is 23.8 Å². The van der Waals surface area contributed by atoms with Gasteiger partial charge < -0.3 is 14.8 Å². The van der Waals surface area contributed by atoms with Crippen LogP contribution in [0.15, 0.2) is 36.9 Å². The highest BCUT2D eigenvalue weighted by molar-refractivity contribution is 6.05. The first-order chi connectivity index (χ1) is 12.7. The zero-order valence-electron chi connectivity index (χ0n) is 14.9. The molecule has 3 aromatic rings. The van der Waals surface area contributed by atoms with Gasteiger partial charge in [0.25, 0.3) is 5.91 Å². The maximum atomic E-state index is 12.5. The highest BCUT2D eigenvalue weighted by Gasteiger charge is 2.13.